The Balaban J connectivity index is 1.72. The lowest BCUT2D eigenvalue weighted by atomic mass is 9.97. The van der Waals surface area contributed by atoms with Crippen molar-refractivity contribution in [3.63, 3.8) is 0 Å². The summed E-state index contributed by atoms with van der Waals surface area (Å²) >= 11 is 0. The zero-order chi connectivity index (χ0) is 16.2. The number of piperidine rings is 2. The SMILES string of the molecule is CC(C)(C)C(=O)OC1CCN(C(=O)N[C@H]2CCCNC2)CC1. The molecule has 1 atom stereocenters. The van der Waals surface area contributed by atoms with E-state index < -0.39 is 5.41 Å². The summed E-state index contributed by atoms with van der Waals surface area (Å²) in [5.74, 6) is -0.163. The van der Waals surface area contributed by atoms with Gasteiger partial charge in [-0.2, -0.15) is 0 Å². The number of nitrogens with zero attached hydrogens (tertiary/aromatic N) is 1. The molecule has 22 heavy (non-hydrogen) atoms. The summed E-state index contributed by atoms with van der Waals surface area (Å²) in [7, 11) is 0. The smallest absolute Gasteiger partial charge is 0.317 e. The number of carbonyl (C=O) groups excluding carboxylic acids is 2. The highest BCUT2D eigenvalue weighted by atomic mass is 16.5. The van der Waals surface area contributed by atoms with E-state index in [2.05, 4.69) is 10.6 Å². The fourth-order valence-electron chi connectivity index (χ4n) is 2.75. The molecule has 2 amide bonds. The van der Waals surface area contributed by atoms with Gasteiger partial charge >= 0.3 is 12.0 Å². The van der Waals surface area contributed by atoms with Gasteiger partial charge in [0.25, 0.3) is 0 Å². The summed E-state index contributed by atoms with van der Waals surface area (Å²) in [6.45, 7) is 8.76. The van der Waals surface area contributed by atoms with E-state index in [0.717, 1.165) is 38.8 Å². The van der Waals surface area contributed by atoms with Crippen molar-refractivity contribution in [2.24, 2.45) is 5.41 Å². The van der Waals surface area contributed by atoms with Gasteiger partial charge in [0.1, 0.15) is 6.10 Å². The number of hydrogen-bond acceptors (Lipinski definition) is 4. The summed E-state index contributed by atoms with van der Waals surface area (Å²) < 4.78 is 5.53. The maximum Gasteiger partial charge on any atom is 0.317 e. The molecule has 2 saturated heterocycles. The molecule has 2 aliphatic heterocycles. The van der Waals surface area contributed by atoms with Crippen molar-refractivity contribution in [3.8, 4) is 0 Å². The number of carbonyl (C=O) groups is 2. The molecule has 6 nitrogen and oxygen atoms in total. The van der Waals surface area contributed by atoms with Gasteiger partial charge in [-0.05, 0) is 40.2 Å². The van der Waals surface area contributed by atoms with Crippen LogP contribution in [0.5, 0.6) is 0 Å². The zero-order valence-electron chi connectivity index (χ0n) is 14.0. The average molecular weight is 311 g/mol. The molecule has 0 saturated carbocycles. The molecule has 2 N–H and O–H groups in total. The number of hydrogen-bond donors (Lipinski definition) is 2. The van der Waals surface area contributed by atoms with E-state index >= 15 is 0 Å². The van der Waals surface area contributed by atoms with Crippen molar-refractivity contribution in [2.75, 3.05) is 26.2 Å². The van der Waals surface area contributed by atoms with E-state index in [-0.39, 0.29) is 24.1 Å². The summed E-state index contributed by atoms with van der Waals surface area (Å²) in [5, 5.41) is 6.38. The lowest BCUT2D eigenvalue weighted by Crippen LogP contribution is -2.52. The van der Waals surface area contributed by atoms with Crippen molar-refractivity contribution >= 4 is 12.0 Å². The van der Waals surface area contributed by atoms with Crippen LogP contribution < -0.4 is 10.6 Å². The first-order chi connectivity index (χ1) is 10.4. The fraction of sp³-hybridized carbons (Fsp3) is 0.875. The Hall–Kier alpha value is -1.30. The molecule has 0 aromatic heterocycles. The van der Waals surface area contributed by atoms with Crippen LogP contribution in [-0.2, 0) is 9.53 Å². The van der Waals surface area contributed by atoms with E-state index in [1.54, 1.807) is 0 Å². The van der Waals surface area contributed by atoms with E-state index in [1.807, 2.05) is 25.7 Å². The molecule has 2 aliphatic rings. The Morgan fingerprint density at radius 2 is 1.86 bits per heavy atom. The first-order valence-corrected chi connectivity index (χ1v) is 8.33. The molecule has 2 heterocycles. The number of likely N-dealkylation sites (tertiary alicyclic amines) is 1. The van der Waals surface area contributed by atoms with Crippen LogP contribution in [0.3, 0.4) is 0 Å². The molecule has 0 aromatic rings. The maximum absolute atomic E-state index is 12.2. The second kappa shape index (κ2) is 7.31. The third-order valence-electron chi connectivity index (χ3n) is 4.24. The molecule has 6 heteroatoms. The van der Waals surface area contributed by atoms with Gasteiger partial charge in [0, 0.05) is 38.5 Å². The third kappa shape index (κ3) is 4.87. The van der Waals surface area contributed by atoms with Crippen LogP contribution in [0, 0.1) is 5.41 Å². The summed E-state index contributed by atoms with van der Waals surface area (Å²) in [5.41, 5.74) is -0.470. The number of ether oxygens (including phenoxy) is 1. The van der Waals surface area contributed by atoms with Crippen LogP contribution in [0.15, 0.2) is 0 Å². The molecule has 0 radical (unpaired) electrons. The van der Waals surface area contributed by atoms with Crippen LogP contribution in [0.25, 0.3) is 0 Å². The number of esters is 1. The molecular formula is C16H29N3O3. The van der Waals surface area contributed by atoms with E-state index in [9.17, 15) is 9.59 Å². The minimum Gasteiger partial charge on any atom is -0.462 e. The highest BCUT2D eigenvalue weighted by Crippen LogP contribution is 2.21. The van der Waals surface area contributed by atoms with Gasteiger partial charge in [-0.25, -0.2) is 4.79 Å². The topological polar surface area (TPSA) is 70.7 Å². The molecule has 2 rings (SSSR count). The number of amides is 2. The first-order valence-electron chi connectivity index (χ1n) is 8.33. The van der Waals surface area contributed by atoms with Gasteiger partial charge in [-0.15, -0.1) is 0 Å². The molecule has 0 aliphatic carbocycles. The Labute approximate surface area is 132 Å². The van der Waals surface area contributed by atoms with Crippen molar-refractivity contribution in [1.82, 2.24) is 15.5 Å². The second-order valence-electron chi connectivity index (χ2n) is 7.33. The molecule has 126 valence electrons. The normalized spacial score (nSPS) is 24.0. The lowest BCUT2D eigenvalue weighted by molar-refractivity contribution is -0.160. The van der Waals surface area contributed by atoms with Gasteiger partial charge in [0.15, 0.2) is 0 Å². The van der Waals surface area contributed by atoms with Gasteiger partial charge in [-0.1, -0.05) is 0 Å². The quantitative estimate of drug-likeness (QED) is 0.758. The molecule has 0 bridgehead atoms. The Kier molecular flexibility index (Phi) is 5.67. The van der Waals surface area contributed by atoms with Crippen molar-refractivity contribution in [2.45, 2.75) is 58.6 Å². The number of urea groups is 1. The molecule has 0 spiro atoms. The Morgan fingerprint density at radius 3 is 2.41 bits per heavy atom. The largest absolute Gasteiger partial charge is 0.462 e. The highest BCUT2D eigenvalue weighted by Gasteiger charge is 2.30. The zero-order valence-corrected chi connectivity index (χ0v) is 14.0. The van der Waals surface area contributed by atoms with Crippen LogP contribution in [0.4, 0.5) is 4.79 Å². The summed E-state index contributed by atoms with van der Waals surface area (Å²) in [6, 6.07) is 0.243. The lowest BCUT2D eigenvalue weighted by Gasteiger charge is -2.34. The fourth-order valence-corrected chi connectivity index (χ4v) is 2.75. The summed E-state index contributed by atoms with van der Waals surface area (Å²) in [6.07, 6.45) is 3.52. The molecule has 2 fully saturated rings. The average Bonchev–Trinajstić information content (AvgIpc) is 2.48. The summed E-state index contributed by atoms with van der Waals surface area (Å²) in [4.78, 5) is 26.0. The van der Waals surface area contributed by atoms with E-state index in [0.29, 0.717) is 13.1 Å². The first kappa shape index (κ1) is 17.1. The maximum atomic E-state index is 12.2. The Bertz CT molecular complexity index is 392. The standard InChI is InChI=1S/C16H29N3O3/c1-16(2,3)14(20)22-13-6-9-19(10-7-13)15(21)18-12-5-4-8-17-11-12/h12-13,17H,4-11H2,1-3H3,(H,18,21)/t12-/m0/s1. The monoisotopic (exact) mass is 311 g/mol. The van der Waals surface area contributed by atoms with Gasteiger partial charge in [0.05, 0.1) is 5.41 Å². The van der Waals surface area contributed by atoms with Crippen LogP contribution in [0.2, 0.25) is 0 Å². The predicted octanol–water partition coefficient (Wildman–Crippen LogP) is 1.50. The van der Waals surface area contributed by atoms with E-state index in [4.69, 9.17) is 4.74 Å². The van der Waals surface area contributed by atoms with Crippen molar-refractivity contribution in [1.29, 1.82) is 0 Å². The predicted molar refractivity (Wildman–Crippen MR) is 84.6 cm³/mol. The van der Waals surface area contributed by atoms with Gasteiger partial charge < -0.3 is 20.3 Å². The van der Waals surface area contributed by atoms with Crippen molar-refractivity contribution in [3.05, 3.63) is 0 Å². The minimum absolute atomic E-state index is 0.00861. The minimum atomic E-state index is -0.470. The van der Waals surface area contributed by atoms with Crippen LogP contribution >= 0.6 is 0 Å². The third-order valence-corrected chi connectivity index (χ3v) is 4.24. The molecule has 0 unspecified atom stereocenters. The van der Waals surface area contributed by atoms with Crippen LogP contribution in [0.1, 0.15) is 46.5 Å². The Morgan fingerprint density at radius 1 is 1.18 bits per heavy atom. The second-order valence-corrected chi connectivity index (χ2v) is 7.33. The molecular weight excluding hydrogens is 282 g/mol. The number of nitrogens with one attached hydrogen (secondary N) is 2. The van der Waals surface area contributed by atoms with Gasteiger partial charge in [0.2, 0.25) is 0 Å². The van der Waals surface area contributed by atoms with Gasteiger partial charge in [-0.3, -0.25) is 4.79 Å². The molecule has 0 aromatic carbocycles. The number of rotatable bonds is 2. The van der Waals surface area contributed by atoms with Crippen LogP contribution in [-0.4, -0.2) is 55.2 Å². The highest BCUT2D eigenvalue weighted by molar-refractivity contribution is 5.76. The van der Waals surface area contributed by atoms with E-state index in [1.165, 1.54) is 0 Å². The van der Waals surface area contributed by atoms with Crippen molar-refractivity contribution < 1.29 is 14.3 Å².